The summed E-state index contributed by atoms with van der Waals surface area (Å²) in [5.41, 5.74) is 2.74. The van der Waals surface area contributed by atoms with Crippen molar-refractivity contribution in [1.29, 1.82) is 0 Å². The van der Waals surface area contributed by atoms with Crippen LogP contribution in [0.3, 0.4) is 0 Å². The number of aliphatic imine (C=N–C) groups is 2. The third-order valence-electron chi connectivity index (χ3n) is 2.57. The minimum Gasteiger partial charge on any atom is -0.467 e. The van der Waals surface area contributed by atoms with Gasteiger partial charge in [0.25, 0.3) is 0 Å². The van der Waals surface area contributed by atoms with Gasteiger partial charge in [0.15, 0.2) is 0 Å². The van der Waals surface area contributed by atoms with Crippen molar-refractivity contribution in [3.05, 3.63) is 48.4 Å². The van der Waals surface area contributed by atoms with Gasteiger partial charge in [0, 0.05) is 6.20 Å². The second-order valence-electron chi connectivity index (χ2n) is 3.79. The van der Waals surface area contributed by atoms with Crippen LogP contribution in [0.5, 0.6) is 0 Å². The SMILES string of the molecule is C=CN=C1OC(C)C(C(/C=C\C)=C/C)=N/C1=C/C. The highest BCUT2D eigenvalue weighted by Crippen LogP contribution is 2.19. The van der Waals surface area contributed by atoms with Crippen molar-refractivity contribution in [1.82, 2.24) is 0 Å². The Morgan fingerprint density at radius 3 is 2.61 bits per heavy atom. The van der Waals surface area contributed by atoms with E-state index in [2.05, 4.69) is 16.6 Å². The fourth-order valence-corrected chi connectivity index (χ4v) is 1.73. The van der Waals surface area contributed by atoms with Crippen molar-refractivity contribution in [2.75, 3.05) is 0 Å². The minimum absolute atomic E-state index is 0.116. The monoisotopic (exact) mass is 244 g/mol. The van der Waals surface area contributed by atoms with E-state index in [0.717, 1.165) is 17.0 Å². The van der Waals surface area contributed by atoms with Crippen LogP contribution in [0.4, 0.5) is 0 Å². The molecular weight excluding hydrogens is 224 g/mol. The van der Waals surface area contributed by atoms with Crippen LogP contribution in [-0.4, -0.2) is 17.7 Å². The lowest BCUT2D eigenvalue weighted by Gasteiger charge is -2.24. The van der Waals surface area contributed by atoms with E-state index < -0.39 is 0 Å². The summed E-state index contributed by atoms with van der Waals surface area (Å²) >= 11 is 0. The summed E-state index contributed by atoms with van der Waals surface area (Å²) in [6.45, 7) is 11.4. The number of ether oxygens (including phenoxy) is 1. The van der Waals surface area contributed by atoms with Crippen molar-refractivity contribution in [3.8, 4) is 0 Å². The van der Waals surface area contributed by atoms with E-state index in [-0.39, 0.29) is 6.10 Å². The summed E-state index contributed by atoms with van der Waals surface area (Å²) in [5.74, 6) is 0.527. The van der Waals surface area contributed by atoms with Crippen LogP contribution in [-0.2, 0) is 4.74 Å². The fourth-order valence-electron chi connectivity index (χ4n) is 1.73. The molecule has 1 atom stereocenters. The first-order valence-corrected chi connectivity index (χ1v) is 6.07. The largest absolute Gasteiger partial charge is 0.467 e. The quantitative estimate of drug-likeness (QED) is 0.695. The fraction of sp³-hybridized carbons (Fsp3) is 0.333. The summed E-state index contributed by atoms with van der Waals surface area (Å²) in [4.78, 5) is 8.72. The summed E-state index contributed by atoms with van der Waals surface area (Å²) < 4.78 is 5.78. The van der Waals surface area contributed by atoms with Crippen LogP contribution < -0.4 is 0 Å². The van der Waals surface area contributed by atoms with Gasteiger partial charge in [-0.15, -0.1) is 0 Å². The summed E-state index contributed by atoms with van der Waals surface area (Å²) in [6.07, 6.45) is 9.29. The molecule has 0 aromatic rings. The molecule has 0 amide bonds. The first-order valence-electron chi connectivity index (χ1n) is 6.07. The molecule has 0 spiro atoms. The molecule has 0 aliphatic carbocycles. The van der Waals surface area contributed by atoms with Crippen molar-refractivity contribution in [2.24, 2.45) is 9.98 Å². The Hall–Kier alpha value is -1.90. The molecule has 0 saturated carbocycles. The van der Waals surface area contributed by atoms with E-state index in [1.165, 1.54) is 6.20 Å². The summed E-state index contributed by atoms with van der Waals surface area (Å²) in [7, 11) is 0. The standard InChI is InChI=1S/C15H20N2O/c1-6-10-12(7-2)14-11(5)18-15(16-9-4)13(8-3)17-14/h6-11H,4H2,1-3,5H3/b10-6-,12-7+,13-8+,16-15?. The van der Waals surface area contributed by atoms with E-state index in [1.807, 2.05) is 52.0 Å². The van der Waals surface area contributed by atoms with Crippen molar-refractivity contribution >= 4 is 11.6 Å². The van der Waals surface area contributed by atoms with Crippen LogP contribution in [0.15, 0.2) is 58.3 Å². The predicted molar refractivity (Wildman–Crippen MR) is 77.9 cm³/mol. The molecule has 3 heteroatoms. The zero-order valence-corrected chi connectivity index (χ0v) is 11.5. The molecule has 0 aromatic heterocycles. The van der Waals surface area contributed by atoms with Crippen LogP contribution in [0.1, 0.15) is 27.7 Å². The molecule has 1 aliphatic rings. The van der Waals surface area contributed by atoms with Gasteiger partial charge in [0.2, 0.25) is 5.90 Å². The van der Waals surface area contributed by atoms with Crippen LogP contribution >= 0.6 is 0 Å². The maximum absolute atomic E-state index is 5.78. The Kier molecular flexibility index (Phi) is 5.31. The lowest BCUT2D eigenvalue weighted by molar-refractivity contribution is 0.268. The number of hydrogen-bond acceptors (Lipinski definition) is 3. The number of nitrogens with zero attached hydrogens (tertiary/aromatic N) is 2. The van der Waals surface area contributed by atoms with Gasteiger partial charge in [-0.1, -0.05) is 30.9 Å². The molecule has 1 aliphatic heterocycles. The highest BCUT2D eigenvalue weighted by atomic mass is 16.5. The van der Waals surface area contributed by atoms with Gasteiger partial charge in [-0.25, -0.2) is 9.98 Å². The molecule has 0 N–H and O–H groups in total. The van der Waals surface area contributed by atoms with Gasteiger partial charge >= 0.3 is 0 Å². The Labute approximate surface area is 109 Å². The smallest absolute Gasteiger partial charge is 0.240 e. The number of hydrogen-bond donors (Lipinski definition) is 0. The number of rotatable bonds is 3. The van der Waals surface area contributed by atoms with Gasteiger partial charge < -0.3 is 4.74 Å². The lowest BCUT2D eigenvalue weighted by Crippen LogP contribution is -2.31. The van der Waals surface area contributed by atoms with E-state index in [9.17, 15) is 0 Å². The van der Waals surface area contributed by atoms with Crippen LogP contribution in [0, 0.1) is 0 Å². The lowest BCUT2D eigenvalue weighted by atomic mass is 10.0. The second-order valence-corrected chi connectivity index (χ2v) is 3.79. The van der Waals surface area contributed by atoms with Crippen LogP contribution in [0.2, 0.25) is 0 Å². The molecule has 3 nitrogen and oxygen atoms in total. The average Bonchev–Trinajstić information content (AvgIpc) is 2.37. The predicted octanol–water partition coefficient (Wildman–Crippen LogP) is 3.81. The molecule has 0 saturated heterocycles. The van der Waals surface area contributed by atoms with Crippen molar-refractivity contribution < 1.29 is 4.74 Å². The Morgan fingerprint density at radius 1 is 1.39 bits per heavy atom. The average molecular weight is 244 g/mol. The molecule has 96 valence electrons. The van der Waals surface area contributed by atoms with Crippen molar-refractivity contribution in [2.45, 2.75) is 33.8 Å². The molecule has 1 heterocycles. The minimum atomic E-state index is -0.116. The van der Waals surface area contributed by atoms with Gasteiger partial charge in [0.05, 0.1) is 5.71 Å². The Bertz CT molecular complexity index is 465. The van der Waals surface area contributed by atoms with E-state index in [1.54, 1.807) is 0 Å². The maximum Gasteiger partial charge on any atom is 0.240 e. The molecule has 18 heavy (non-hydrogen) atoms. The van der Waals surface area contributed by atoms with Gasteiger partial charge in [-0.05, 0) is 33.3 Å². The van der Waals surface area contributed by atoms with Gasteiger partial charge in [-0.2, -0.15) is 0 Å². The van der Waals surface area contributed by atoms with E-state index >= 15 is 0 Å². The summed E-state index contributed by atoms with van der Waals surface area (Å²) in [6, 6.07) is 0. The molecule has 0 radical (unpaired) electrons. The first-order chi connectivity index (χ1) is 8.67. The second kappa shape index (κ2) is 6.74. The third kappa shape index (κ3) is 3.06. The molecular formula is C15H20N2O. The normalized spacial score (nSPS) is 25.4. The number of allylic oxidation sites excluding steroid dienone is 4. The van der Waals surface area contributed by atoms with Crippen molar-refractivity contribution in [3.63, 3.8) is 0 Å². The Morgan fingerprint density at radius 2 is 2.11 bits per heavy atom. The maximum atomic E-state index is 5.78. The van der Waals surface area contributed by atoms with Gasteiger partial charge in [-0.3, -0.25) is 0 Å². The van der Waals surface area contributed by atoms with Crippen LogP contribution in [0.25, 0.3) is 0 Å². The third-order valence-corrected chi connectivity index (χ3v) is 2.57. The highest BCUT2D eigenvalue weighted by molar-refractivity contribution is 6.12. The zero-order chi connectivity index (χ0) is 13.5. The Balaban J connectivity index is 3.23. The topological polar surface area (TPSA) is 34.0 Å². The molecule has 0 bridgehead atoms. The molecule has 0 aromatic carbocycles. The molecule has 0 fully saturated rings. The highest BCUT2D eigenvalue weighted by Gasteiger charge is 2.24. The zero-order valence-electron chi connectivity index (χ0n) is 11.5. The van der Waals surface area contributed by atoms with E-state index in [4.69, 9.17) is 4.74 Å². The molecule has 1 rings (SSSR count). The summed E-state index contributed by atoms with van der Waals surface area (Å²) in [5, 5.41) is 0. The first kappa shape index (κ1) is 14.2. The van der Waals surface area contributed by atoms with Gasteiger partial charge in [0.1, 0.15) is 11.8 Å². The molecule has 1 unspecified atom stereocenters. The van der Waals surface area contributed by atoms with E-state index in [0.29, 0.717) is 5.90 Å².